The van der Waals surface area contributed by atoms with Crippen molar-refractivity contribution in [1.29, 1.82) is 0 Å². The van der Waals surface area contributed by atoms with E-state index in [-0.39, 0.29) is 17.4 Å². The van der Waals surface area contributed by atoms with Gasteiger partial charge in [0.25, 0.3) is 0 Å². The lowest BCUT2D eigenvalue weighted by molar-refractivity contribution is 0.0692. The Balaban J connectivity index is 2.77. The Kier molecular flexibility index (Phi) is 5.21. The van der Waals surface area contributed by atoms with Gasteiger partial charge in [-0.3, -0.25) is 0 Å². The van der Waals surface area contributed by atoms with E-state index in [0.29, 0.717) is 0 Å². The van der Waals surface area contributed by atoms with Crippen LogP contribution in [0, 0.1) is 5.82 Å². The minimum atomic E-state index is -1.29. The van der Waals surface area contributed by atoms with Crippen LogP contribution in [0.25, 0.3) is 0 Å². The van der Waals surface area contributed by atoms with E-state index in [0.717, 1.165) is 17.6 Å². The van der Waals surface area contributed by atoms with Crippen LogP contribution in [-0.2, 0) is 0 Å². The van der Waals surface area contributed by atoms with Crippen molar-refractivity contribution >= 4 is 23.5 Å². The molecule has 1 aromatic heterocycles. The van der Waals surface area contributed by atoms with Gasteiger partial charge in [-0.1, -0.05) is 6.92 Å². The summed E-state index contributed by atoms with van der Waals surface area (Å²) < 4.78 is 13.7. The van der Waals surface area contributed by atoms with Crippen molar-refractivity contribution in [2.24, 2.45) is 0 Å². The maximum atomic E-state index is 13.7. The molecule has 1 rings (SSSR count). The van der Waals surface area contributed by atoms with Crippen molar-refractivity contribution in [1.82, 2.24) is 4.98 Å². The molecule has 0 aliphatic heterocycles. The molecule has 1 atom stereocenters. The normalized spacial score (nSPS) is 12.2. The maximum absolute atomic E-state index is 13.7. The third-order valence-corrected chi connectivity index (χ3v) is 3.22. The average molecular weight is 258 g/mol. The van der Waals surface area contributed by atoms with Gasteiger partial charge in [0.15, 0.2) is 11.6 Å². The second-order valence-corrected chi connectivity index (χ2v) is 4.85. The number of pyridine rings is 1. The van der Waals surface area contributed by atoms with E-state index in [9.17, 15) is 9.18 Å². The highest BCUT2D eigenvalue weighted by atomic mass is 32.2. The van der Waals surface area contributed by atoms with Gasteiger partial charge in [0, 0.05) is 18.0 Å². The first-order valence-electron chi connectivity index (χ1n) is 5.28. The van der Waals surface area contributed by atoms with Gasteiger partial charge in [0.2, 0.25) is 0 Å². The Labute approximate surface area is 104 Å². The van der Waals surface area contributed by atoms with Crippen molar-refractivity contribution in [2.45, 2.75) is 19.9 Å². The molecule has 17 heavy (non-hydrogen) atoms. The summed E-state index contributed by atoms with van der Waals surface area (Å²) in [5, 5.41) is 11.6. The van der Waals surface area contributed by atoms with E-state index in [2.05, 4.69) is 10.3 Å². The molecule has 94 valence electrons. The second kappa shape index (κ2) is 6.44. The summed E-state index contributed by atoms with van der Waals surface area (Å²) in [7, 11) is 0. The largest absolute Gasteiger partial charge is 0.478 e. The van der Waals surface area contributed by atoms with Gasteiger partial charge in [0.05, 0.1) is 0 Å². The van der Waals surface area contributed by atoms with Gasteiger partial charge in [-0.05, 0) is 18.7 Å². The van der Waals surface area contributed by atoms with Crippen molar-refractivity contribution in [3.05, 3.63) is 23.6 Å². The lowest BCUT2D eigenvalue weighted by Gasteiger charge is -2.14. The fourth-order valence-corrected chi connectivity index (χ4v) is 1.95. The summed E-state index contributed by atoms with van der Waals surface area (Å²) in [6.45, 7) is 3.94. The molecule has 0 fully saturated rings. The molecule has 0 saturated heterocycles. The highest BCUT2D eigenvalue weighted by Crippen LogP contribution is 2.16. The Morgan fingerprint density at radius 1 is 1.71 bits per heavy atom. The lowest BCUT2D eigenvalue weighted by atomic mass is 10.2. The number of hydrogen-bond donors (Lipinski definition) is 2. The minimum absolute atomic E-state index is 0.00546. The molecule has 4 nitrogen and oxygen atoms in total. The van der Waals surface area contributed by atoms with Crippen LogP contribution in [0.1, 0.15) is 24.2 Å². The number of carboxylic acid groups (broad SMARTS) is 1. The maximum Gasteiger partial charge on any atom is 0.338 e. The number of rotatable bonds is 6. The zero-order valence-electron chi connectivity index (χ0n) is 9.74. The molecule has 2 N–H and O–H groups in total. The highest BCUT2D eigenvalue weighted by Gasteiger charge is 2.16. The van der Waals surface area contributed by atoms with Crippen LogP contribution in [-0.4, -0.2) is 33.6 Å². The fourth-order valence-electron chi connectivity index (χ4n) is 1.28. The van der Waals surface area contributed by atoms with Crippen LogP contribution in [0.15, 0.2) is 12.3 Å². The molecule has 1 aromatic rings. The summed E-state index contributed by atoms with van der Waals surface area (Å²) in [4.78, 5) is 14.5. The number of thioether (sulfide) groups is 1. The van der Waals surface area contributed by atoms with Crippen LogP contribution < -0.4 is 5.32 Å². The van der Waals surface area contributed by atoms with E-state index < -0.39 is 11.8 Å². The molecule has 0 radical (unpaired) electrons. The molecule has 1 heterocycles. The molecule has 0 saturated carbocycles. The van der Waals surface area contributed by atoms with Gasteiger partial charge < -0.3 is 10.4 Å². The number of halogens is 1. The smallest absolute Gasteiger partial charge is 0.338 e. The number of anilines is 1. The van der Waals surface area contributed by atoms with E-state index in [1.165, 1.54) is 6.20 Å². The number of carboxylic acids is 1. The van der Waals surface area contributed by atoms with Gasteiger partial charge in [0.1, 0.15) is 5.56 Å². The summed E-state index contributed by atoms with van der Waals surface area (Å²) in [6, 6.07) is 1.18. The van der Waals surface area contributed by atoms with Crippen LogP contribution >= 0.6 is 11.8 Å². The SMILES string of the molecule is CCSCC(C)Nc1nccc(C(=O)O)c1F. The number of aromatic nitrogens is 1. The van der Waals surface area contributed by atoms with Crippen LogP contribution in [0.5, 0.6) is 0 Å². The highest BCUT2D eigenvalue weighted by molar-refractivity contribution is 7.99. The molecule has 0 aliphatic rings. The molecule has 0 amide bonds. The molecular formula is C11H15FN2O2S. The van der Waals surface area contributed by atoms with E-state index >= 15 is 0 Å². The van der Waals surface area contributed by atoms with Crippen LogP contribution in [0.3, 0.4) is 0 Å². The van der Waals surface area contributed by atoms with Gasteiger partial charge in [-0.25, -0.2) is 14.2 Å². The van der Waals surface area contributed by atoms with E-state index in [4.69, 9.17) is 5.11 Å². The molecule has 0 bridgehead atoms. The standard InChI is InChI=1S/C11H15FN2O2S/c1-3-17-6-7(2)14-10-9(12)8(11(15)16)4-5-13-10/h4-5,7H,3,6H2,1-2H3,(H,13,14)(H,15,16). The third kappa shape index (κ3) is 3.89. The average Bonchev–Trinajstić information content (AvgIpc) is 2.28. The molecule has 1 unspecified atom stereocenters. The monoisotopic (exact) mass is 258 g/mol. The number of carbonyl (C=O) groups is 1. The van der Waals surface area contributed by atoms with E-state index in [1.54, 1.807) is 11.8 Å². The third-order valence-electron chi connectivity index (χ3n) is 2.07. The van der Waals surface area contributed by atoms with Gasteiger partial charge >= 0.3 is 5.97 Å². The summed E-state index contributed by atoms with van der Waals surface area (Å²) >= 11 is 1.72. The predicted molar refractivity (Wildman–Crippen MR) is 67.2 cm³/mol. The summed E-state index contributed by atoms with van der Waals surface area (Å²) in [5.74, 6) is -0.308. The van der Waals surface area contributed by atoms with Gasteiger partial charge in [-0.15, -0.1) is 0 Å². The minimum Gasteiger partial charge on any atom is -0.478 e. The summed E-state index contributed by atoms with van der Waals surface area (Å²) in [6.07, 6.45) is 1.29. The second-order valence-electron chi connectivity index (χ2n) is 3.53. The Morgan fingerprint density at radius 3 is 3.00 bits per heavy atom. The Bertz CT molecular complexity index is 401. The van der Waals surface area contributed by atoms with Crippen molar-refractivity contribution in [3.8, 4) is 0 Å². The zero-order valence-corrected chi connectivity index (χ0v) is 10.6. The molecule has 0 aromatic carbocycles. The quantitative estimate of drug-likeness (QED) is 0.820. The first-order chi connectivity index (χ1) is 8.06. The topological polar surface area (TPSA) is 62.2 Å². The predicted octanol–water partition coefficient (Wildman–Crippen LogP) is 2.47. The first kappa shape index (κ1) is 13.8. The molecule has 0 spiro atoms. The Hall–Kier alpha value is -1.30. The number of nitrogens with zero attached hydrogens (tertiary/aromatic N) is 1. The Morgan fingerprint density at radius 2 is 2.41 bits per heavy atom. The first-order valence-corrected chi connectivity index (χ1v) is 6.43. The van der Waals surface area contributed by atoms with Crippen molar-refractivity contribution < 1.29 is 14.3 Å². The van der Waals surface area contributed by atoms with Crippen LogP contribution in [0.4, 0.5) is 10.2 Å². The van der Waals surface area contributed by atoms with Crippen LogP contribution in [0.2, 0.25) is 0 Å². The van der Waals surface area contributed by atoms with Crippen molar-refractivity contribution in [2.75, 3.05) is 16.8 Å². The van der Waals surface area contributed by atoms with Crippen molar-refractivity contribution in [3.63, 3.8) is 0 Å². The fraction of sp³-hybridized carbons (Fsp3) is 0.455. The van der Waals surface area contributed by atoms with E-state index in [1.807, 2.05) is 13.8 Å². The molecule has 6 heteroatoms. The summed E-state index contributed by atoms with van der Waals surface area (Å²) in [5.41, 5.74) is -0.363. The molecular weight excluding hydrogens is 243 g/mol. The lowest BCUT2D eigenvalue weighted by Crippen LogP contribution is -2.20. The number of hydrogen-bond acceptors (Lipinski definition) is 4. The molecule has 0 aliphatic carbocycles. The number of nitrogens with one attached hydrogen (secondary N) is 1. The zero-order chi connectivity index (χ0) is 12.8. The number of aromatic carboxylic acids is 1. The van der Waals surface area contributed by atoms with Gasteiger partial charge in [-0.2, -0.15) is 11.8 Å².